The van der Waals surface area contributed by atoms with Gasteiger partial charge in [-0.15, -0.1) is 0 Å². The van der Waals surface area contributed by atoms with Crippen molar-refractivity contribution in [1.82, 2.24) is 15.1 Å². The lowest BCUT2D eigenvalue weighted by molar-refractivity contribution is 0.101. The first-order valence-electron chi connectivity index (χ1n) is 7.83. The largest absolute Gasteiger partial charge is 0.318 e. The van der Waals surface area contributed by atoms with Crippen LogP contribution in [0, 0.1) is 0 Å². The molecule has 0 radical (unpaired) electrons. The van der Waals surface area contributed by atoms with Crippen LogP contribution in [0.15, 0.2) is 0 Å². The summed E-state index contributed by atoms with van der Waals surface area (Å²) in [6, 6.07) is 2.30. The van der Waals surface area contributed by atoms with E-state index in [-0.39, 0.29) is 0 Å². The Hall–Kier alpha value is -0.120. The Morgan fingerprint density at radius 3 is 2.50 bits per heavy atom. The van der Waals surface area contributed by atoms with Gasteiger partial charge in [0.2, 0.25) is 0 Å². The highest BCUT2D eigenvalue weighted by molar-refractivity contribution is 4.88. The van der Waals surface area contributed by atoms with Crippen LogP contribution in [0.2, 0.25) is 0 Å². The number of rotatable bonds is 3. The topological polar surface area (TPSA) is 18.5 Å². The lowest BCUT2D eigenvalue weighted by Gasteiger charge is -2.39. The van der Waals surface area contributed by atoms with Gasteiger partial charge < -0.3 is 10.2 Å². The molecule has 2 aliphatic rings. The van der Waals surface area contributed by atoms with E-state index in [0.29, 0.717) is 6.04 Å². The van der Waals surface area contributed by atoms with Gasteiger partial charge in [0.25, 0.3) is 0 Å². The van der Waals surface area contributed by atoms with Crippen molar-refractivity contribution >= 4 is 0 Å². The van der Waals surface area contributed by atoms with E-state index in [1.807, 2.05) is 0 Å². The van der Waals surface area contributed by atoms with E-state index < -0.39 is 0 Å². The van der Waals surface area contributed by atoms with E-state index in [9.17, 15) is 0 Å². The molecule has 18 heavy (non-hydrogen) atoms. The van der Waals surface area contributed by atoms with Gasteiger partial charge in [-0.05, 0) is 46.8 Å². The fourth-order valence-electron chi connectivity index (χ4n) is 3.68. The first-order chi connectivity index (χ1) is 8.72. The molecule has 2 rings (SSSR count). The number of likely N-dealkylation sites (N-methyl/N-ethyl adjacent to an activating group) is 2. The zero-order chi connectivity index (χ0) is 13.0. The van der Waals surface area contributed by atoms with Gasteiger partial charge in [0.15, 0.2) is 0 Å². The van der Waals surface area contributed by atoms with E-state index in [2.05, 4.69) is 36.1 Å². The summed E-state index contributed by atoms with van der Waals surface area (Å²) in [5, 5.41) is 3.37. The minimum Gasteiger partial charge on any atom is -0.318 e. The van der Waals surface area contributed by atoms with Gasteiger partial charge in [-0.3, -0.25) is 4.90 Å². The van der Waals surface area contributed by atoms with Gasteiger partial charge in [-0.2, -0.15) is 0 Å². The molecule has 1 heterocycles. The standard InChI is InChI=1S/C15H31N3/c1-13-9-10-17(3)15(11-16-2)12-18(13)14-7-5-4-6-8-14/h13-16H,4-12H2,1-3H3. The molecule has 106 valence electrons. The Labute approximate surface area is 113 Å². The molecule has 1 saturated carbocycles. The number of nitrogens with one attached hydrogen (secondary N) is 1. The van der Waals surface area contributed by atoms with Gasteiger partial charge in [0, 0.05) is 31.2 Å². The zero-order valence-corrected chi connectivity index (χ0v) is 12.5. The zero-order valence-electron chi connectivity index (χ0n) is 12.5. The maximum Gasteiger partial charge on any atom is 0.0344 e. The second kappa shape index (κ2) is 6.88. The van der Waals surface area contributed by atoms with Crippen molar-refractivity contribution in [3.63, 3.8) is 0 Å². The van der Waals surface area contributed by atoms with Crippen LogP contribution >= 0.6 is 0 Å². The summed E-state index contributed by atoms with van der Waals surface area (Å²) in [6.07, 6.45) is 8.53. The first kappa shape index (κ1) is 14.3. The van der Waals surface area contributed by atoms with Gasteiger partial charge in [0.1, 0.15) is 0 Å². The third-order valence-electron chi connectivity index (χ3n) is 4.99. The van der Waals surface area contributed by atoms with Crippen LogP contribution < -0.4 is 5.32 Å². The van der Waals surface area contributed by atoms with Crippen molar-refractivity contribution in [3.05, 3.63) is 0 Å². The SMILES string of the molecule is CNCC1CN(C2CCCCC2)C(C)CCN1C. The molecule has 1 aliphatic heterocycles. The highest BCUT2D eigenvalue weighted by atomic mass is 15.3. The van der Waals surface area contributed by atoms with Crippen LogP contribution in [0.4, 0.5) is 0 Å². The average molecular weight is 253 g/mol. The van der Waals surface area contributed by atoms with Gasteiger partial charge >= 0.3 is 0 Å². The Bertz CT molecular complexity index is 238. The molecule has 0 aromatic heterocycles. The Kier molecular flexibility index (Phi) is 5.46. The minimum absolute atomic E-state index is 0.682. The normalized spacial score (nSPS) is 33.5. The summed E-state index contributed by atoms with van der Waals surface area (Å²) in [5.41, 5.74) is 0. The van der Waals surface area contributed by atoms with Gasteiger partial charge in [-0.25, -0.2) is 0 Å². The highest BCUT2D eigenvalue weighted by Gasteiger charge is 2.31. The number of nitrogens with zero attached hydrogens (tertiary/aromatic N) is 2. The molecule has 2 unspecified atom stereocenters. The number of hydrogen-bond donors (Lipinski definition) is 1. The van der Waals surface area contributed by atoms with Gasteiger partial charge in [-0.1, -0.05) is 19.3 Å². The highest BCUT2D eigenvalue weighted by Crippen LogP contribution is 2.27. The minimum atomic E-state index is 0.682. The van der Waals surface area contributed by atoms with Crippen molar-refractivity contribution in [2.45, 2.75) is 63.6 Å². The fourth-order valence-corrected chi connectivity index (χ4v) is 3.68. The van der Waals surface area contributed by atoms with Crippen LogP contribution in [0.5, 0.6) is 0 Å². The fraction of sp³-hybridized carbons (Fsp3) is 1.00. The predicted octanol–water partition coefficient (Wildman–Crippen LogP) is 1.93. The van der Waals surface area contributed by atoms with Crippen molar-refractivity contribution in [2.24, 2.45) is 0 Å². The first-order valence-corrected chi connectivity index (χ1v) is 7.83. The summed E-state index contributed by atoms with van der Waals surface area (Å²) >= 11 is 0. The molecule has 1 aliphatic carbocycles. The van der Waals surface area contributed by atoms with Crippen LogP contribution in [0.1, 0.15) is 45.4 Å². The van der Waals surface area contributed by atoms with E-state index >= 15 is 0 Å². The second-order valence-electron chi connectivity index (χ2n) is 6.32. The summed E-state index contributed by atoms with van der Waals surface area (Å²) in [4.78, 5) is 5.38. The third kappa shape index (κ3) is 3.46. The molecule has 3 nitrogen and oxygen atoms in total. The van der Waals surface area contributed by atoms with Crippen LogP contribution in [-0.4, -0.2) is 61.7 Å². The second-order valence-corrected chi connectivity index (χ2v) is 6.32. The summed E-state index contributed by atoms with van der Waals surface area (Å²) < 4.78 is 0. The molecule has 3 heteroatoms. The Balaban J connectivity index is 2.01. The lowest BCUT2D eigenvalue weighted by Crippen LogP contribution is -2.49. The smallest absolute Gasteiger partial charge is 0.0344 e. The monoisotopic (exact) mass is 253 g/mol. The Morgan fingerprint density at radius 1 is 1.11 bits per heavy atom. The molecular formula is C15H31N3. The van der Waals surface area contributed by atoms with E-state index in [4.69, 9.17) is 0 Å². The molecule has 0 aromatic carbocycles. The van der Waals surface area contributed by atoms with Crippen LogP contribution in [-0.2, 0) is 0 Å². The summed E-state index contributed by atoms with van der Waals surface area (Å²) in [5.74, 6) is 0. The molecular weight excluding hydrogens is 222 g/mol. The van der Waals surface area contributed by atoms with Crippen molar-refractivity contribution in [1.29, 1.82) is 0 Å². The number of hydrogen-bond acceptors (Lipinski definition) is 3. The predicted molar refractivity (Wildman–Crippen MR) is 78.0 cm³/mol. The van der Waals surface area contributed by atoms with E-state index in [1.165, 1.54) is 51.6 Å². The van der Waals surface area contributed by atoms with Gasteiger partial charge in [0.05, 0.1) is 0 Å². The van der Waals surface area contributed by atoms with Crippen LogP contribution in [0.3, 0.4) is 0 Å². The molecule has 1 N–H and O–H groups in total. The lowest BCUT2D eigenvalue weighted by atomic mass is 9.92. The van der Waals surface area contributed by atoms with Crippen molar-refractivity contribution in [2.75, 3.05) is 33.7 Å². The Morgan fingerprint density at radius 2 is 1.83 bits per heavy atom. The molecule has 2 fully saturated rings. The summed E-state index contributed by atoms with van der Waals surface area (Å²) in [6.45, 7) is 6.05. The van der Waals surface area contributed by atoms with Crippen molar-refractivity contribution in [3.8, 4) is 0 Å². The molecule has 0 spiro atoms. The molecule has 1 saturated heterocycles. The average Bonchev–Trinajstić information content (AvgIpc) is 2.53. The molecule has 0 amide bonds. The third-order valence-corrected chi connectivity index (χ3v) is 4.99. The summed E-state index contributed by atoms with van der Waals surface area (Å²) in [7, 11) is 4.37. The molecule has 0 aromatic rings. The van der Waals surface area contributed by atoms with Crippen molar-refractivity contribution < 1.29 is 0 Å². The molecule has 2 atom stereocenters. The van der Waals surface area contributed by atoms with E-state index in [0.717, 1.165) is 18.6 Å². The maximum absolute atomic E-state index is 3.37. The molecule has 0 bridgehead atoms. The maximum atomic E-state index is 3.37. The van der Waals surface area contributed by atoms with E-state index in [1.54, 1.807) is 0 Å². The quantitative estimate of drug-likeness (QED) is 0.829. The van der Waals surface area contributed by atoms with Crippen LogP contribution in [0.25, 0.3) is 0 Å².